The van der Waals surface area contributed by atoms with Crippen molar-refractivity contribution in [3.8, 4) is 0 Å². The monoisotopic (exact) mass is 539 g/mol. The lowest BCUT2D eigenvalue weighted by molar-refractivity contribution is -0.138. The van der Waals surface area contributed by atoms with Gasteiger partial charge in [0, 0.05) is 62.5 Å². The van der Waals surface area contributed by atoms with E-state index in [0.29, 0.717) is 17.7 Å². The fourth-order valence-electron chi connectivity index (χ4n) is 6.76. The Balaban J connectivity index is 1.48. The zero-order valence-electron chi connectivity index (χ0n) is 22.4. The van der Waals surface area contributed by atoms with Crippen molar-refractivity contribution in [2.24, 2.45) is 16.8 Å². The maximum atomic E-state index is 14.4. The Bertz CT molecular complexity index is 1140. The smallest absolute Gasteiger partial charge is 0.249 e. The van der Waals surface area contributed by atoms with Crippen LogP contribution in [0.4, 0.5) is 5.69 Å². The van der Waals surface area contributed by atoms with Gasteiger partial charge in [0.25, 0.3) is 0 Å². The molecule has 3 saturated heterocycles. The Morgan fingerprint density at radius 1 is 1.23 bits per heavy atom. The Hall–Kier alpha value is -3.18. The number of ether oxygens (including phenoxy) is 2. The number of methoxy groups -OCH3 is 1. The summed E-state index contributed by atoms with van der Waals surface area (Å²) in [6.45, 7) is 4.99. The highest BCUT2D eigenvalue weighted by atomic mass is 16.5. The molecule has 3 heterocycles. The number of primary amides is 1. The molecule has 5 rings (SSSR count). The van der Waals surface area contributed by atoms with Crippen LogP contribution in [0.1, 0.15) is 47.5 Å². The maximum absolute atomic E-state index is 14.4. The van der Waals surface area contributed by atoms with Gasteiger partial charge in [-0.3, -0.25) is 19.3 Å². The highest BCUT2D eigenvalue weighted by molar-refractivity contribution is 5.99. The molecule has 1 saturated carbocycles. The highest BCUT2D eigenvalue weighted by Gasteiger charge is 2.53. The van der Waals surface area contributed by atoms with Gasteiger partial charge in [-0.2, -0.15) is 0 Å². The number of anilines is 1. The SMILES string of the molecule is COCCN1CCN(c2ccc(C(N)=O)c([C@@H](C(=O)N3C[C@H](N=[N+]=[N-])[C@H]4OCC(=O)[C@H]43)C3CCCC3)c2)CC1. The Morgan fingerprint density at radius 3 is 2.64 bits per heavy atom. The molecule has 0 spiro atoms. The third-order valence-corrected chi connectivity index (χ3v) is 8.76. The molecule has 2 amide bonds. The highest BCUT2D eigenvalue weighted by Crippen LogP contribution is 2.43. The van der Waals surface area contributed by atoms with Gasteiger partial charge >= 0.3 is 0 Å². The lowest BCUT2D eigenvalue weighted by Gasteiger charge is -2.37. The summed E-state index contributed by atoms with van der Waals surface area (Å²) in [5.74, 6) is -1.61. The number of amides is 2. The zero-order valence-corrected chi connectivity index (χ0v) is 22.4. The number of benzene rings is 1. The van der Waals surface area contributed by atoms with Crippen molar-refractivity contribution in [2.75, 3.05) is 64.5 Å². The predicted octanol–water partition coefficient (Wildman–Crippen LogP) is 1.69. The van der Waals surface area contributed by atoms with Crippen LogP contribution in [-0.2, 0) is 19.1 Å². The van der Waals surface area contributed by atoms with E-state index in [1.54, 1.807) is 13.2 Å². The Labute approximate surface area is 228 Å². The summed E-state index contributed by atoms with van der Waals surface area (Å²) in [5.41, 5.74) is 16.8. The van der Waals surface area contributed by atoms with E-state index in [4.69, 9.17) is 20.7 Å². The second-order valence-corrected chi connectivity index (χ2v) is 10.9. The summed E-state index contributed by atoms with van der Waals surface area (Å²) in [6, 6.07) is 4.19. The average Bonchev–Trinajstić information content (AvgIpc) is 3.68. The Morgan fingerprint density at radius 2 is 1.97 bits per heavy atom. The van der Waals surface area contributed by atoms with E-state index >= 15 is 0 Å². The van der Waals surface area contributed by atoms with Gasteiger partial charge in [0.05, 0.1) is 24.7 Å². The van der Waals surface area contributed by atoms with Gasteiger partial charge < -0.3 is 25.0 Å². The van der Waals surface area contributed by atoms with Crippen molar-refractivity contribution in [1.29, 1.82) is 0 Å². The molecule has 39 heavy (non-hydrogen) atoms. The number of hydrogen-bond donors (Lipinski definition) is 1. The molecular weight excluding hydrogens is 502 g/mol. The molecule has 12 nitrogen and oxygen atoms in total. The van der Waals surface area contributed by atoms with Crippen molar-refractivity contribution in [3.05, 3.63) is 39.8 Å². The molecule has 4 aliphatic rings. The summed E-state index contributed by atoms with van der Waals surface area (Å²) in [6.07, 6.45) is 3.06. The number of ketones is 1. The quantitative estimate of drug-likeness (QED) is 0.284. The molecule has 3 aliphatic heterocycles. The number of nitrogens with zero attached hydrogens (tertiary/aromatic N) is 6. The molecular formula is C27H37N7O5. The summed E-state index contributed by atoms with van der Waals surface area (Å²) < 4.78 is 10.9. The van der Waals surface area contributed by atoms with E-state index in [1.165, 1.54) is 4.90 Å². The van der Waals surface area contributed by atoms with Crippen LogP contribution in [0.3, 0.4) is 0 Å². The second kappa shape index (κ2) is 11.9. The molecule has 0 aromatic heterocycles. The molecule has 1 aromatic rings. The van der Waals surface area contributed by atoms with Gasteiger partial charge in [-0.15, -0.1) is 0 Å². The standard InChI is InChI=1S/C27H37N7O5/c1-38-13-12-32-8-10-33(11-9-32)18-6-7-19(26(28)36)20(14-18)23(17-4-2-3-5-17)27(37)34-15-21(30-31-29)25-24(34)22(35)16-39-25/h6-7,14,17,21,23-25H,2-5,8-13,15-16H2,1H3,(H2,28,36)/t21-,23-,24+,25+/m0/s1. The van der Waals surface area contributed by atoms with Crippen molar-refractivity contribution >= 4 is 23.3 Å². The average molecular weight is 540 g/mol. The van der Waals surface area contributed by atoms with E-state index < -0.39 is 30.0 Å². The number of carbonyl (C=O) groups excluding carboxylic acids is 3. The molecule has 0 unspecified atom stereocenters. The number of Topliss-reactive ketones (excluding diaryl/α,β-unsaturated/α-hetero) is 1. The summed E-state index contributed by atoms with van der Waals surface area (Å²) in [4.78, 5) is 48.9. The van der Waals surface area contributed by atoms with Crippen LogP contribution in [0.15, 0.2) is 23.3 Å². The largest absolute Gasteiger partial charge is 0.383 e. The minimum Gasteiger partial charge on any atom is -0.383 e. The first-order valence-corrected chi connectivity index (χ1v) is 13.8. The maximum Gasteiger partial charge on any atom is 0.249 e. The first-order chi connectivity index (χ1) is 18.9. The lowest BCUT2D eigenvalue weighted by atomic mass is 9.80. The number of nitrogens with two attached hydrogens (primary N) is 1. The lowest BCUT2D eigenvalue weighted by Crippen LogP contribution is -2.47. The first-order valence-electron chi connectivity index (χ1n) is 13.8. The number of hydrogen-bond acceptors (Lipinski definition) is 8. The predicted molar refractivity (Wildman–Crippen MR) is 143 cm³/mol. The van der Waals surface area contributed by atoms with Gasteiger partial charge in [-0.1, -0.05) is 18.0 Å². The van der Waals surface area contributed by atoms with Crippen LogP contribution >= 0.6 is 0 Å². The van der Waals surface area contributed by atoms with E-state index in [-0.39, 0.29) is 30.8 Å². The summed E-state index contributed by atoms with van der Waals surface area (Å²) in [7, 11) is 1.70. The molecule has 1 aromatic carbocycles. The van der Waals surface area contributed by atoms with Gasteiger partial charge in [0.15, 0.2) is 5.78 Å². The fourth-order valence-corrected chi connectivity index (χ4v) is 6.76. The fraction of sp³-hybridized carbons (Fsp3) is 0.667. The molecule has 4 fully saturated rings. The third-order valence-electron chi connectivity index (χ3n) is 8.76. The van der Waals surface area contributed by atoms with Crippen LogP contribution in [0.5, 0.6) is 0 Å². The number of fused-ring (bicyclic) bond motifs is 1. The summed E-state index contributed by atoms with van der Waals surface area (Å²) in [5, 5.41) is 3.83. The van der Waals surface area contributed by atoms with E-state index in [1.807, 2.05) is 12.1 Å². The van der Waals surface area contributed by atoms with E-state index in [2.05, 4.69) is 19.8 Å². The van der Waals surface area contributed by atoms with E-state index in [0.717, 1.165) is 64.1 Å². The molecule has 0 bridgehead atoms. The minimum atomic E-state index is -0.780. The van der Waals surface area contributed by atoms with Gasteiger partial charge in [0.1, 0.15) is 12.6 Å². The van der Waals surface area contributed by atoms with Crippen LogP contribution in [-0.4, -0.2) is 105 Å². The van der Waals surface area contributed by atoms with E-state index in [9.17, 15) is 14.4 Å². The summed E-state index contributed by atoms with van der Waals surface area (Å²) >= 11 is 0. The first kappa shape index (κ1) is 27.4. The van der Waals surface area contributed by atoms with Crippen molar-refractivity contribution < 1.29 is 23.9 Å². The second-order valence-electron chi connectivity index (χ2n) is 10.9. The van der Waals surface area contributed by atoms with Crippen molar-refractivity contribution in [3.63, 3.8) is 0 Å². The molecule has 4 atom stereocenters. The number of piperazine rings is 1. The normalized spacial score (nSPS) is 26.5. The number of azide groups is 1. The minimum absolute atomic E-state index is 0.0196. The topological polar surface area (TPSA) is 154 Å². The molecule has 2 N–H and O–H groups in total. The number of carbonyl (C=O) groups is 3. The van der Waals surface area contributed by atoms with Gasteiger partial charge in [-0.05, 0) is 48.1 Å². The van der Waals surface area contributed by atoms with Crippen LogP contribution in [0.25, 0.3) is 10.4 Å². The zero-order chi connectivity index (χ0) is 27.5. The van der Waals surface area contributed by atoms with Crippen molar-refractivity contribution in [1.82, 2.24) is 9.80 Å². The Kier molecular flexibility index (Phi) is 8.37. The number of rotatable bonds is 9. The molecule has 12 heteroatoms. The van der Waals surface area contributed by atoms with Gasteiger partial charge in [0.2, 0.25) is 11.8 Å². The van der Waals surface area contributed by atoms with Crippen molar-refractivity contribution in [2.45, 2.75) is 49.8 Å². The third kappa shape index (κ3) is 5.47. The van der Waals surface area contributed by atoms with Crippen LogP contribution in [0, 0.1) is 5.92 Å². The molecule has 1 aliphatic carbocycles. The molecule has 0 radical (unpaired) electrons. The number of likely N-dealkylation sites (tertiary alicyclic amines) is 1. The molecule has 210 valence electrons. The van der Waals surface area contributed by atoms with Crippen LogP contribution < -0.4 is 10.6 Å². The van der Waals surface area contributed by atoms with Gasteiger partial charge in [-0.25, -0.2) is 0 Å². The van der Waals surface area contributed by atoms with Crippen LogP contribution in [0.2, 0.25) is 0 Å².